The van der Waals surface area contributed by atoms with E-state index in [1.54, 1.807) is 0 Å². The molecule has 0 N–H and O–H groups in total. The molecule has 3 unspecified atom stereocenters. The van der Waals surface area contributed by atoms with Crippen LogP contribution in [0.3, 0.4) is 0 Å². The second-order valence-electron chi connectivity index (χ2n) is 12.7. The van der Waals surface area contributed by atoms with Crippen molar-refractivity contribution in [1.82, 2.24) is 9.80 Å². The molecule has 1 saturated carbocycles. The Bertz CT molecular complexity index is 700. The average Bonchev–Trinajstić information content (AvgIpc) is 3.32. The molecule has 3 atom stereocenters. The Hall–Kier alpha value is -0.900. The summed E-state index contributed by atoms with van der Waals surface area (Å²) in [5.41, 5.74) is 2.30. The van der Waals surface area contributed by atoms with Gasteiger partial charge in [0.25, 0.3) is 0 Å². The molecule has 0 bridgehead atoms. The third-order valence-corrected chi connectivity index (χ3v) is 8.51. The SMILES string of the molecule is CC(CC1CN(C2(CC(C)(C)C)CCCCC2)CCO1)CC(c1ccccc1)N1CCCC1. The van der Waals surface area contributed by atoms with Crippen LogP contribution in [0, 0.1) is 11.3 Å². The first-order valence-electron chi connectivity index (χ1n) is 14.0. The second kappa shape index (κ2) is 11.2. The normalized spacial score (nSPS) is 26.8. The fourth-order valence-corrected chi connectivity index (χ4v) is 7.25. The first kappa shape index (κ1) is 25.2. The molecule has 1 aromatic rings. The van der Waals surface area contributed by atoms with Gasteiger partial charge in [-0.25, -0.2) is 0 Å². The molecule has 0 radical (unpaired) electrons. The van der Waals surface area contributed by atoms with E-state index in [4.69, 9.17) is 4.74 Å². The van der Waals surface area contributed by atoms with Gasteiger partial charge in [-0.1, -0.05) is 77.3 Å². The van der Waals surface area contributed by atoms with Gasteiger partial charge in [0.15, 0.2) is 0 Å². The standard InChI is InChI=1S/C30H50N2O/c1-25(22-28(31-17-11-12-18-31)26-13-7-5-8-14-26)21-27-23-32(19-20-33-27)30(24-29(2,3)4)15-9-6-10-16-30/h5,7-8,13-14,25,27-28H,6,9-12,15-24H2,1-4H3. The van der Waals surface area contributed by atoms with Gasteiger partial charge in [-0.15, -0.1) is 0 Å². The quantitative estimate of drug-likeness (QED) is 0.417. The molecule has 3 nitrogen and oxygen atoms in total. The van der Waals surface area contributed by atoms with Crippen molar-refractivity contribution >= 4 is 0 Å². The van der Waals surface area contributed by atoms with E-state index in [-0.39, 0.29) is 0 Å². The molecule has 3 fully saturated rings. The lowest BCUT2D eigenvalue weighted by molar-refractivity contribution is -0.0963. The largest absolute Gasteiger partial charge is 0.376 e. The zero-order valence-corrected chi connectivity index (χ0v) is 22.0. The molecular formula is C30H50N2O. The summed E-state index contributed by atoms with van der Waals surface area (Å²) >= 11 is 0. The fourth-order valence-electron chi connectivity index (χ4n) is 7.25. The molecule has 2 saturated heterocycles. The maximum atomic E-state index is 6.40. The molecular weight excluding hydrogens is 404 g/mol. The predicted molar refractivity (Wildman–Crippen MR) is 140 cm³/mol. The maximum absolute atomic E-state index is 6.40. The summed E-state index contributed by atoms with van der Waals surface area (Å²) in [6.07, 6.45) is 13.9. The molecule has 2 heterocycles. The summed E-state index contributed by atoms with van der Waals surface area (Å²) in [6.45, 7) is 15.5. The molecule has 0 spiro atoms. The number of benzene rings is 1. The lowest BCUT2D eigenvalue weighted by atomic mass is 9.70. The number of likely N-dealkylation sites (tertiary alicyclic amines) is 1. The molecule has 1 aliphatic carbocycles. The minimum atomic E-state index is 0.386. The van der Waals surface area contributed by atoms with Gasteiger partial charge >= 0.3 is 0 Å². The third kappa shape index (κ3) is 6.83. The van der Waals surface area contributed by atoms with Gasteiger partial charge in [0.1, 0.15) is 0 Å². The average molecular weight is 455 g/mol. The van der Waals surface area contributed by atoms with Gasteiger partial charge in [-0.05, 0) is 74.9 Å². The highest BCUT2D eigenvalue weighted by Gasteiger charge is 2.42. The van der Waals surface area contributed by atoms with E-state index in [0.717, 1.165) is 19.7 Å². The van der Waals surface area contributed by atoms with Crippen LogP contribution in [0.25, 0.3) is 0 Å². The Kier molecular flexibility index (Phi) is 8.57. The molecule has 3 heteroatoms. The van der Waals surface area contributed by atoms with E-state index in [9.17, 15) is 0 Å². The minimum absolute atomic E-state index is 0.386. The molecule has 0 aromatic heterocycles. The number of rotatable bonds is 8. The minimum Gasteiger partial charge on any atom is -0.376 e. The van der Waals surface area contributed by atoms with E-state index >= 15 is 0 Å². The Labute approximate surface area is 204 Å². The third-order valence-electron chi connectivity index (χ3n) is 8.51. The zero-order valence-electron chi connectivity index (χ0n) is 22.0. The summed E-state index contributed by atoms with van der Waals surface area (Å²) in [5, 5.41) is 0. The molecule has 0 amide bonds. The molecule has 186 valence electrons. The van der Waals surface area contributed by atoms with Crippen molar-refractivity contribution < 1.29 is 4.74 Å². The lowest BCUT2D eigenvalue weighted by Gasteiger charge is -2.52. The summed E-state index contributed by atoms with van der Waals surface area (Å²) in [6, 6.07) is 11.8. The van der Waals surface area contributed by atoms with Crippen LogP contribution in [0.2, 0.25) is 0 Å². The van der Waals surface area contributed by atoms with E-state index in [0.29, 0.717) is 29.0 Å². The van der Waals surface area contributed by atoms with Gasteiger partial charge in [-0.2, -0.15) is 0 Å². The van der Waals surface area contributed by atoms with Crippen molar-refractivity contribution in [3.63, 3.8) is 0 Å². The van der Waals surface area contributed by atoms with Crippen molar-refractivity contribution in [3.8, 4) is 0 Å². The van der Waals surface area contributed by atoms with Crippen molar-refractivity contribution in [1.29, 1.82) is 0 Å². The van der Waals surface area contributed by atoms with Crippen LogP contribution in [0.4, 0.5) is 0 Å². The van der Waals surface area contributed by atoms with Crippen LogP contribution >= 0.6 is 0 Å². The first-order chi connectivity index (χ1) is 15.8. The van der Waals surface area contributed by atoms with Gasteiger partial charge in [0.05, 0.1) is 12.7 Å². The second-order valence-corrected chi connectivity index (χ2v) is 12.7. The maximum Gasteiger partial charge on any atom is 0.0705 e. The summed E-state index contributed by atoms with van der Waals surface area (Å²) in [5.74, 6) is 0.672. The Morgan fingerprint density at radius 1 is 0.970 bits per heavy atom. The number of ether oxygens (including phenoxy) is 1. The fraction of sp³-hybridized carbons (Fsp3) is 0.800. The molecule has 33 heavy (non-hydrogen) atoms. The summed E-state index contributed by atoms with van der Waals surface area (Å²) in [4.78, 5) is 5.62. The summed E-state index contributed by atoms with van der Waals surface area (Å²) < 4.78 is 6.40. The number of nitrogens with zero attached hydrogens (tertiary/aromatic N) is 2. The van der Waals surface area contributed by atoms with Gasteiger partial charge in [-0.3, -0.25) is 9.80 Å². The Morgan fingerprint density at radius 3 is 2.33 bits per heavy atom. The highest BCUT2D eigenvalue weighted by Crippen LogP contribution is 2.43. The van der Waals surface area contributed by atoms with E-state index < -0.39 is 0 Å². The van der Waals surface area contributed by atoms with Crippen LogP contribution < -0.4 is 0 Å². The zero-order chi connectivity index (χ0) is 23.3. The summed E-state index contributed by atoms with van der Waals surface area (Å²) in [7, 11) is 0. The van der Waals surface area contributed by atoms with Gasteiger partial charge in [0.2, 0.25) is 0 Å². The van der Waals surface area contributed by atoms with Gasteiger partial charge < -0.3 is 4.74 Å². The molecule has 1 aromatic carbocycles. The van der Waals surface area contributed by atoms with Crippen molar-refractivity contribution in [2.45, 2.75) is 110 Å². The lowest BCUT2D eigenvalue weighted by Crippen LogP contribution is -2.58. The van der Waals surface area contributed by atoms with E-state index in [1.807, 2.05) is 0 Å². The predicted octanol–water partition coefficient (Wildman–Crippen LogP) is 7.08. The molecule has 3 aliphatic rings. The van der Waals surface area contributed by atoms with E-state index in [1.165, 1.54) is 82.9 Å². The van der Waals surface area contributed by atoms with Crippen LogP contribution in [-0.4, -0.2) is 54.2 Å². The number of hydrogen-bond donors (Lipinski definition) is 0. The monoisotopic (exact) mass is 454 g/mol. The number of hydrogen-bond acceptors (Lipinski definition) is 3. The smallest absolute Gasteiger partial charge is 0.0705 e. The van der Waals surface area contributed by atoms with E-state index in [2.05, 4.69) is 67.8 Å². The van der Waals surface area contributed by atoms with Crippen molar-refractivity contribution in [3.05, 3.63) is 35.9 Å². The van der Waals surface area contributed by atoms with Crippen LogP contribution in [0.15, 0.2) is 30.3 Å². The Morgan fingerprint density at radius 2 is 1.67 bits per heavy atom. The first-order valence-corrected chi connectivity index (χ1v) is 14.0. The van der Waals surface area contributed by atoms with Crippen molar-refractivity contribution in [2.24, 2.45) is 11.3 Å². The molecule has 4 rings (SSSR count). The molecule has 2 aliphatic heterocycles. The number of morpholine rings is 1. The van der Waals surface area contributed by atoms with Crippen LogP contribution in [-0.2, 0) is 4.74 Å². The highest BCUT2D eigenvalue weighted by atomic mass is 16.5. The highest BCUT2D eigenvalue weighted by molar-refractivity contribution is 5.19. The van der Waals surface area contributed by atoms with Crippen molar-refractivity contribution in [2.75, 3.05) is 32.8 Å². The topological polar surface area (TPSA) is 15.7 Å². The Balaban J connectivity index is 1.39. The van der Waals surface area contributed by atoms with Gasteiger partial charge in [0, 0.05) is 24.7 Å². The van der Waals surface area contributed by atoms with Crippen LogP contribution in [0.5, 0.6) is 0 Å². The van der Waals surface area contributed by atoms with Crippen LogP contribution in [0.1, 0.15) is 104 Å².